The Labute approximate surface area is 132 Å². The SMILES string of the molecule is COc1ncccc1C(=O)NCCCc1cnc2ncnn2c1. The molecule has 0 spiro atoms. The van der Waals surface area contributed by atoms with E-state index in [1.807, 2.05) is 6.20 Å². The van der Waals surface area contributed by atoms with Crippen molar-refractivity contribution in [1.82, 2.24) is 29.9 Å². The number of aryl methyl sites for hydroxylation is 1. The minimum absolute atomic E-state index is 0.195. The number of hydrogen-bond donors (Lipinski definition) is 1. The van der Waals surface area contributed by atoms with Crippen molar-refractivity contribution < 1.29 is 9.53 Å². The predicted octanol–water partition coefficient (Wildman–Crippen LogP) is 0.890. The van der Waals surface area contributed by atoms with E-state index in [1.54, 1.807) is 29.0 Å². The lowest BCUT2D eigenvalue weighted by atomic mass is 10.2. The number of nitrogens with zero attached hydrogens (tertiary/aromatic N) is 5. The third-order valence-electron chi connectivity index (χ3n) is 3.33. The number of carbonyl (C=O) groups excluding carboxylic acids is 1. The van der Waals surface area contributed by atoms with Crippen molar-refractivity contribution in [2.24, 2.45) is 0 Å². The minimum atomic E-state index is -0.195. The highest BCUT2D eigenvalue weighted by atomic mass is 16.5. The maximum atomic E-state index is 12.1. The third-order valence-corrected chi connectivity index (χ3v) is 3.33. The van der Waals surface area contributed by atoms with Crippen molar-refractivity contribution in [1.29, 1.82) is 0 Å². The van der Waals surface area contributed by atoms with Gasteiger partial charge in [0, 0.05) is 25.1 Å². The number of rotatable bonds is 6. The fourth-order valence-electron chi connectivity index (χ4n) is 2.20. The van der Waals surface area contributed by atoms with Gasteiger partial charge < -0.3 is 10.1 Å². The molecule has 0 bridgehead atoms. The Morgan fingerprint density at radius 2 is 2.26 bits per heavy atom. The maximum Gasteiger partial charge on any atom is 0.256 e. The number of ether oxygens (including phenoxy) is 1. The summed E-state index contributed by atoms with van der Waals surface area (Å²) < 4.78 is 6.71. The van der Waals surface area contributed by atoms with E-state index in [9.17, 15) is 4.79 Å². The normalized spacial score (nSPS) is 10.7. The Balaban J connectivity index is 1.52. The third kappa shape index (κ3) is 3.42. The molecule has 0 aliphatic rings. The lowest BCUT2D eigenvalue weighted by molar-refractivity contribution is 0.0949. The quantitative estimate of drug-likeness (QED) is 0.679. The van der Waals surface area contributed by atoms with E-state index >= 15 is 0 Å². The number of pyridine rings is 1. The van der Waals surface area contributed by atoms with Crippen LogP contribution < -0.4 is 10.1 Å². The van der Waals surface area contributed by atoms with Gasteiger partial charge in [0.25, 0.3) is 11.7 Å². The summed E-state index contributed by atoms with van der Waals surface area (Å²) in [7, 11) is 1.49. The molecule has 3 aromatic rings. The number of nitrogens with one attached hydrogen (secondary N) is 1. The zero-order chi connectivity index (χ0) is 16.1. The largest absolute Gasteiger partial charge is 0.480 e. The smallest absolute Gasteiger partial charge is 0.256 e. The molecular weight excluding hydrogens is 296 g/mol. The maximum absolute atomic E-state index is 12.1. The van der Waals surface area contributed by atoms with E-state index in [0.29, 0.717) is 23.8 Å². The van der Waals surface area contributed by atoms with Crippen LogP contribution in [0.1, 0.15) is 22.3 Å². The molecule has 3 heterocycles. The molecule has 0 fully saturated rings. The van der Waals surface area contributed by atoms with E-state index in [-0.39, 0.29) is 5.91 Å². The molecule has 0 aliphatic heterocycles. The van der Waals surface area contributed by atoms with Crippen LogP contribution in [-0.2, 0) is 6.42 Å². The summed E-state index contributed by atoms with van der Waals surface area (Å²) in [4.78, 5) is 24.3. The van der Waals surface area contributed by atoms with E-state index in [1.165, 1.54) is 13.4 Å². The van der Waals surface area contributed by atoms with E-state index in [0.717, 1.165) is 18.4 Å². The van der Waals surface area contributed by atoms with Gasteiger partial charge in [0.05, 0.1) is 7.11 Å². The van der Waals surface area contributed by atoms with Crippen molar-refractivity contribution in [3.8, 4) is 5.88 Å². The fourth-order valence-corrected chi connectivity index (χ4v) is 2.20. The van der Waals surface area contributed by atoms with Crippen molar-refractivity contribution in [3.63, 3.8) is 0 Å². The van der Waals surface area contributed by atoms with E-state index in [4.69, 9.17) is 4.74 Å². The number of carbonyl (C=O) groups is 1. The van der Waals surface area contributed by atoms with Crippen LogP contribution in [0.15, 0.2) is 37.1 Å². The van der Waals surface area contributed by atoms with Gasteiger partial charge in [-0.15, -0.1) is 0 Å². The highest BCUT2D eigenvalue weighted by molar-refractivity contribution is 5.96. The summed E-state index contributed by atoms with van der Waals surface area (Å²) in [5.74, 6) is 0.705. The molecule has 3 aromatic heterocycles. The molecule has 0 aromatic carbocycles. The second kappa shape index (κ2) is 6.82. The number of amides is 1. The van der Waals surface area contributed by atoms with Crippen LogP contribution in [0.25, 0.3) is 5.78 Å². The van der Waals surface area contributed by atoms with E-state index < -0.39 is 0 Å². The summed E-state index contributed by atoms with van der Waals surface area (Å²) in [6.45, 7) is 0.548. The van der Waals surface area contributed by atoms with Crippen LogP contribution in [0, 0.1) is 0 Å². The molecule has 1 N–H and O–H groups in total. The van der Waals surface area contributed by atoms with Crippen LogP contribution >= 0.6 is 0 Å². The first-order valence-electron chi connectivity index (χ1n) is 7.19. The molecule has 0 saturated carbocycles. The molecule has 8 heteroatoms. The first-order chi connectivity index (χ1) is 11.3. The fraction of sp³-hybridized carbons (Fsp3) is 0.267. The number of aromatic nitrogens is 5. The summed E-state index contributed by atoms with van der Waals surface area (Å²) >= 11 is 0. The molecule has 8 nitrogen and oxygen atoms in total. The van der Waals surface area contributed by atoms with Gasteiger partial charge in [0.15, 0.2) is 0 Å². The second-order valence-corrected chi connectivity index (χ2v) is 4.89. The molecule has 0 unspecified atom stereocenters. The van der Waals surface area contributed by atoms with Gasteiger partial charge in [-0.05, 0) is 30.5 Å². The molecular formula is C15H16N6O2. The molecule has 0 aliphatic carbocycles. The van der Waals surface area contributed by atoms with Crippen LogP contribution in [-0.4, -0.2) is 44.1 Å². The lowest BCUT2D eigenvalue weighted by Gasteiger charge is -2.08. The van der Waals surface area contributed by atoms with Crippen LogP contribution in [0.2, 0.25) is 0 Å². The van der Waals surface area contributed by atoms with Crippen molar-refractivity contribution in [3.05, 3.63) is 48.2 Å². The predicted molar refractivity (Wildman–Crippen MR) is 82.2 cm³/mol. The molecule has 3 rings (SSSR count). The van der Waals surface area contributed by atoms with Gasteiger partial charge in [0.2, 0.25) is 5.88 Å². The Kier molecular flexibility index (Phi) is 4.41. The van der Waals surface area contributed by atoms with Gasteiger partial charge in [-0.1, -0.05) is 0 Å². The molecule has 1 amide bonds. The molecule has 0 radical (unpaired) electrons. The Hall–Kier alpha value is -3.03. The monoisotopic (exact) mass is 312 g/mol. The Morgan fingerprint density at radius 3 is 3.13 bits per heavy atom. The van der Waals surface area contributed by atoms with Gasteiger partial charge in [-0.3, -0.25) is 4.79 Å². The second-order valence-electron chi connectivity index (χ2n) is 4.89. The summed E-state index contributed by atoms with van der Waals surface area (Å²) in [6, 6.07) is 3.39. The molecule has 0 atom stereocenters. The first kappa shape index (κ1) is 14.9. The molecule has 0 saturated heterocycles. The standard InChI is InChI=1S/C15H16N6O2/c1-23-14-12(5-3-7-17-14)13(22)16-6-2-4-11-8-18-15-19-10-20-21(15)9-11/h3,5,7-10H,2,4,6H2,1H3,(H,16,22). The number of methoxy groups -OCH3 is 1. The zero-order valence-corrected chi connectivity index (χ0v) is 12.6. The van der Waals surface area contributed by atoms with Crippen LogP contribution in [0.4, 0.5) is 0 Å². The lowest BCUT2D eigenvalue weighted by Crippen LogP contribution is -2.25. The topological polar surface area (TPSA) is 94.3 Å². The van der Waals surface area contributed by atoms with Gasteiger partial charge >= 0.3 is 0 Å². The highest BCUT2D eigenvalue weighted by Crippen LogP contribution is 2.13. The van der Waals surface area contributed by atoms with Gasteiger partial charge in [-0.2, -0.15) is 10.1 Å². The number of hydrogen-bond acceptors (Lipinski definition) is 6. The van der Waals surface area contributed by atoms with Crippen molar-refractivity contribution in [2.75, 3.05) is 13.7 Å². The molecule has 23 heavy (non-hydrogen) atoms. The summed E-state index contributed by atoms with van der Waals surface area (Å²) in [5, 5.41) is 6.91. The number of fused-ring (bicyclic) bond motifs is 1. The first-order valence-corrected chi connectivity index (χ1v) is 7.19. The Bertz CT molecular complexity index is 816. The summed E-state index contributed by atoms with van der Waals surface area (Å²) in [6.07, 6.45) is 8.29. The minimum Gasteiger partial charge on any atom is -0.480 e. The van der Waals surface area contributed by atoms with Crippen molar-refractivity contribution in [2.45, 2.75) is 12.8 Å². The zero-order valence-electron chi connectivity index (χ0n) is 12.6. The summed E-state index contributed by atoms with van der Waals surface area (Å²) in [5.41, 5.74) is 1.47. The van der Waals surface area contributed by atoms with Crippen LogP contribution in [0.5, 0.6) is 5.88 Å². The van der Waals surface area contributed by atoms with Gasteiger partial charge in [0.1, 0.15) is 11.9 Å². The van der Waals surface area contributed by atoms with E-state index in [2.05, 4.69) is 25.4 Å². The van der Waals surface area contributed by atoms with Crippen molar-refractivity contribution >= 4 is 11.7 Å². The highest BCUT2D eigenvalue weighted by Gasteiger charge is 2.11. The average molecular weight is 312 g/mol. The Morgan fingerprint density at radius 1 is 1.35 bits per heavy atom. The molecule has 118 valence electrons. The van der Waals surface area contributed by atoms with Crippen LogP contribution in [0.3, 0.4) is 0 Å². The average Bonchev–Trinajstić information content (AvgIpc) is 3.06. The van der Waals surface area contributed by atoms with Gasteiger partial charge in [-0.25, -0.2) is 14.5 Å².